The van der Waals surface area contributed by atoms with E-state index in [9.17, 15) is 14.4 Å². The van der Waals surface area contributed by atoms with Crippen LogP contribution in [0.1, 0.15) is 12.8 Å². The van der Waals surface area contributed by atoms with Crippen LogP contribution >= 0.6 is 19.2 Å². The number of piperidine rings is 1. The second-order valence-corrected chi connectivity index (χ2v) is 12.1. The maximum Gasteiger partial charge on any atom is 0.358 e. The third-order valence-electron chi connectivity index (χ3n) is 7.53. The van der Waals surface area contributed by atoms with Crippen molar-refractivity contribution in [2.45, 2.75) is 18.9 Å². The SMILES string of the molecule is COc1cc(N2CCC(N3CCN(C)CC3)CC2)ccc1Nc1ncc(Cl)c(Nc2ccccc2P(=O)(O)O)n1. The van der Waals surface area contributed by atoms with Crippen LogP contribution < -0.4 is 25.6 Å². The van der Waals surface area contributed by atoms with Crippen LogP contribution in [0, 0.1) is 0 Å². The Morgan fingerprint density at radius 1 is 1.00 bits per heavy atom. The number of piperazine rings is 1. The average molecular weight is 588 g/mol. The molecule has 3 heterocycles. The first kappa shape index (κ1) is 28.6. The molecule has 2 aliphatic rings. The molecule has 11 nitrogen and oxygen atoms in total. The van der Waals surface area contributed by atoms with Gasteiger partial charge in [0.2, 0.25) is 5.95 Å². The van der Waals surface area contributed by atoms with Gasteiger partial charge in [0.05, 0.1) is 30.0 Å². The van der Waals surface area contributed by atoms with Crippen molar-refractivity contribution < 1.29 is 19.1 Å². The molecule has 0 atom stereocenters. The predicted octanol–water partition coefficient (Wildman–Crippen LogP) is 3.65. The second-order valence-electron chi connectivity index (χ2n) is 10.1. The number of nitrogens with one attached hydrogen (secondary N) is 2. The molecule has 2 aliphatic heterocycles. The fourth-order valence-corrected chi connectivity index (χ4v) is 6.12. The number of hydrogen-bond acceptors (Lipinski definition) is 9. The Kier molecular flexibility index (Phi) is 8.80. The van der Waals surface area contributed by atoms with Gasteiger partial charge in [-0.25, -0.2) is 4.98 Å². The Balaban J connectivity index is 1.27. The van der Waals surface area contributed by atoms with Crippen molar-refractivity contribution in [2.75, 3.05) is 69.0 Å². The summed E-state index contributed by atoms with van der Waals surface area (Å²) in [4.78, 5) is 35.5. The molecular weight excluding hydrogens is 553 g/mol. The summed E-state index contributed by atoms with van der Waals surface area (Å²) in [7, 11) is -0.690. The first-order valence-electron chi connectivity index (χ1n) is 13.3. The number of halogens is 1. The molecule has 0 amide bonds. The molecule has 0 aliphatic carbocycles. The van der Waals surface area contributed by atoms with Crippen LogP contribution in [0.4, 0.5) is 28.8 Å². The van der Waals surface area contributed by atoms with Gasteiger partial charge in [-0.15, -0.1) is 0 Å². The monoisotopic (exact) mass is 587 g/mol. The summed E-state index contributed by atoms with van der Waals surface area (Å²) in [6, 6.07) is 12.8. The Bertz CT molecular complexity index is 1370. The van der Waals surface area contributed by atoms with Crippen LogP contribution in [0.2, 0.25) is 5.02 Å². The van der Waals surface area contributed by atoms with Gasteiger partial charge in [0, 0.05) is 57.1 Å². The van der Waals surface area contributed by atoms with Gasteiger partial charge in [0.15, 0.2) is 5.82 Å². The summed E-state index contributed by atoms with van der Waals surface area (Å²) >= 11 is 6.30. The Hall–Kier alpha value is -2.92. The molecule has 2 aromatic carbocycles. The molecular formula is C27H35ClN7O4P. The zero-order valence-electron chi connectivity index (χ0n) is 22.6. The topological polar surface area (TPSA) is 126 Å². The van der Waals surface area contributed by atoms with E-state index in [1.807, 2.05) is 12.1 Å². The fourth-order valence-electron chi connectivity index (χ4n) is 5.25. The number of nitrogens with zero attached hydrogens (tertiary/aromatic N) is 5. The number of para-hydroxylation sites is 1. The van der Waals surface area contributed by atoms with Crippen LogP contribution in [0.15, 0.2) is 48.7 Å². The first-order chi connectivity index (χ1) is 19.2. The normalized spacial score (nSPS) is 17.6. The lowest BCUT2D eigenvalue weighted by Gasteiger charge is -2.42. The second kappa shape index (κ2) is 12.3. The molecule has 13 heteroatoms. The van der Waals surface area contributed by atoms with E-state index in [4.69, 9.17) is 16.3 Å². The van der Waals surface area contributed by atoms with Crippen LogP contribution in [-0.2, 0) is 4.57 Å². The third kappa shape index (κ3) is 6.68. The lowest BCUT2D eigenvalue weighted by Crippen LogP contribution is -2.52. The molecule has 2 saturated heterocycles. The number of rotatable bonds is 8. The summed E-state index contributed by atoms with van der Waals surface area (Å²) < 4.78 is 17.6. The van der Waals surface area contributed by atoms with Crippen molar-refractivity contribution in [3.05, 3.63) is 53.7 Å². The minimum atomic E-state index is -4.50. The standard InChI is InChI=1S/C27H35ClN7O4P/c1-33-13-15-35(16-14-33)19-9-11-34(12-10-19)20-7-8-22(24(17-20)39-2)31-27-29-18-21(28)26(32-27)30-23-5-3-4-6-25(23)40(36,37)38/h3-8,17-19H,9-16H2,1-2H3,(H2,36,37,38)(H2,29,30,31,32). The zero-order chi connectivity index (χ0) is 28.3. The first-order valence-corrected chi connectivity index (χ1v) is 15.3. The van der Waals surface area contributed by atoms with Crippen LogP contribution in [0.25, 0.3) is 0 Å². The van der Waals surface area contributed by atoms with Crippen molar-refractivity contribution in [1.82, 2.24) is 19.8 Å². The molecule has 2 fully saturated rings. The van der Waals surface area contributed by atoms with Gasteiger partial charge in [-0.2, -0.15) is 4.98 Å². The van der Waals surface area contributed by atoms with E-state index in [1.54, 1.807) is 25.3 Å². The van der Waals surface area contributed by atoms with E-state index < -0.39 is 7.60 Å². The summed E-state index contributed by atoms with van der Waals surface area (Å²) in [6.07, 6.45) is 3.71. The lowest BCUT2D eigenvalue weighted by atomic mass is 10.0. The van der Waals surface area contributed by atoms with Gasteiger partial charge in [-0.05, 0) is 44.2 Å². The average Bonchev–Trinajstić information content (AvgIpc) is 2.95. The fraction of sp³-hybridized carbons (Fsp3) is 0.407. The number of benzene rings is 2. The molecule has 1 aromatic heterocycles. The summed E-state index contributed by atoms with van der Waals surface area (Å²) in [5.74, 6) is 1.11. The van der Waals surface area contributed by atoms with Crippen molar-refractivity contribution in [3.8, 4) is 5.75 Å². The molecule has 4 N–H and O–H groups in total. The molecule has 5 rings (SSSR count). The molecule has 0 radical (unpaired) electrons. The lowest BCUT2D eigenvalue weighted by molar-refractivity contribution is 0.0982. The quantitative estimate of drug-likeness (QED) is 0.289. The van der Waals surface area contributed by atoms with Crippen molar-refractivity contribution >= 4 is 53.3 Å². The Morgan fingerprint density at radius 3 is 2.42 bits per heavy atom. The van der Waals surface area contributed by atoms with Gasteiger partial charge in [0.1, 0.15) is 10.8 Å². The number of hydrogen-bond donors (Lipinski definition) is 4. The number of aromatic nitrogens is 2. The largest absolute Gasteiger partial charge is 0.494 e. The van der Waals surface area contributed by atoms with Crippen molar-refractivity contribution in [2.24, 2.45) is 0 Å². The minimum Gasteiger partial charge on any atom is -0.494 e. The highest BCUT2D eigenvalue weighted by Gasteiger charge is 2.27. The number of anilines is 5. The molecule has 0 saturated carbocycles. The molecule has 3 aromatic rings. The van der Waals surface area contributed by atoms with Crippen LogP contribution in [0.5, 0.6) is 5.75 Å². The number of likely N-dealkylation sites (N-methyl/N-ethyl adjacent to an activating group) is 1. The highest BCUT2D eigenvalue weighted by atomic mass is 35.5. The molecule has 0 spiro atoms. The molecule has 0 unspecified atom stereocenters. The van der Waals surface area contributed by atoms with E-state index in [-0.39, 0.29) is 27.8 Å². The third-order valence-corrected chi connectivity index (χ3v) is 8.82. The van der Waals surface area contributed by atoms with E-state index in [1.165, 1.54) is 12.3 Å². The van der Waals surface area contributed by atoms with Gasteiger partial charge in [-0.3, -0.25) is 9.46 Å². The maximum atomic E-state index is 11.9. The van der Waals surface area contributed by atoms with Crippen LogP contribution in [0.3, 0.4) is 0 Å². The molecule has 214 valence electrons. The zero-order valence-corrected chi connectivity index (χ0v) is 24.3. The summed E-state index contributed by atoms with van der Waals surface area (Å²) in [6.45, 7) is 6.57. The predicted molar refractivity (Wildman–Crippen MR) is 159 cm³/mol. The van der Waals surface area contributed by atoms with Gasteiger partial charge in [-0.1, -0.05) is 23.7 Å². The van der Waals surface area contributed by atoms with Crippen LogP contribution in [-0.4, -0.2) is 89.0 Å². The van der Waals surface area contributed by atoms with Gasteiger partial charge in [0.25, 0.3) is 0 Å². The smallest absolute Gasteiger partial charge is 0.358 e. The number of ether oxygens (including phenoxy) is 1. The molecule has 0 bridgehead atoms. The maximum absolute atomic E-state index is 11.9. The Labute approximate surface area is 239 Å². The van der Waals surface area contributed by atoms with Gasteiger partial charge < -0.3 is 35.0 Å². The highest BCUT2D eigenvalue weighted by Crippen LogP contribution is 2.38. The Morgan fingerprint density at radius 2 is 1.73 bits per heavy atom. The number of methoxy groups -OCH3 is 1. The highest BCUT2D eigenvalue weighted by molar-refractivity contribution is 7.60. The minimum absolute atomic E-state index is 0.149. The van der Waals surface area contributed by atoms with E-state index in [0.29, 0.717) is 17.5 Å². The van der Waals surface area contributed by atoms with E-state index in [0.717, 1.165) is 57.8 Å². The van der Waals surface area contributed by atoms with Crippen molar-refractivity contribution in [1.29, 1.82) is 0 Å². The van der Waals surface area contributed by atoms with Gasteiger partial charge >= 0.3 is 7.60 Å². The summed E-state index contributed by atoms with van der Waals surface area (Å²) in [5.41, 5.74) is 2.00. The van der Waals surface area contributed by atoms with Crippen molar-refractivity contribution in [3.63, 3.8) is 0 Å². The molecule has 40 heavy (non-hydrogen) atoms. The summed E-state index contributed by atoms with van der Waals surface area (Å²) in [5, 5.41) is 6.15. The van der Waals surface area contributed by atoms with E-state index in [2.05, 4.69) is 48.4 Å². The van der Waals surface area contributed by atoms with E-state index >= 15 is 0 Å².